The highest BCUT2D eigenvalue weighted by atomic mass is 32.2. The number of halogens is 4. The summed E-state index contributed by atoms with van der Waals surface area (Å²) in [5, 5.41) is 4.63. The molecule has 0 aliphatic carbocycles. The molecule has 0 aliphatic rings. The third-order valence-electron chi connectivity index (χ3n) is 2.95. The monoisotopic (exact) mass is 372 g/mol. The van der Waals surface area contributed by atoms with Crippen molar-refractivity contribution in [2.75, 3.05) is 11.9 Å². The van der Waals surface area contributed by atoms with Crippen molar-refractivity contribution in [2.24, 2.45) is 0 Å². The summed E-state index contributed by atoms with van der Waals surface area (Å²) in [5.41, 5.74) is 0.241. The van der Waals surface area contributed by atoms with E-state index in [1.165, 1.54) is 30.3 Å². The zero-order valence-electron chi connectivity index (χ0n) is 12.6. The number of hydrogen-bond donors (Lipinski definition) is 2. The summed E-state index contributed by atoms with van der Waals surface area (Å²) in [4.78, 5) is 23.9. The van der Waals surface area contributed by atoms with Crippen LogP contribution >= 0.6 is 11.8 Å². The zero-order chi connectivity index (χ0) is 18.4. The van der Waals surface area contributed by atoms with Gasteiger partial charge in [-0.2, -0.15) is 8.78 Å². The molecule has 2 amide bonds. The fourth-order valence-electron chi connectivity index (χ4n) is 1.83. The number of hydrogen-bond acceptors (Lipinski definition) is 3. The molecule has 2 N–H and O–H groups in total. The molecular weight excluding hydrogens is 360 g/mol. The summed E-state index contributed by atoms with van der Waals surface area (Å²) in [6.45, 7) is -0.397. The number of carbonyl (C=O) groups is 2. The molecule has 0 unspecified atom stereocenters. The van der Waals surface area contributed by atoms with E-state index < -0.39 is 35.8 Å². The van der Waals surface area contributed by atoms with Crippen LogP contribution in [-0.4, -0.2) is 24.1 Å². The van der Waals surface area contributed by atoms with Crippen LogP contribution in [0.1, 0.15) is 10.4 Å². The van der Waals surface area contributed by atoms with Crippen LogP contribution in [0.15, 0.2) is 47.4 Å². The summed E-state index contributed by atoms with van der Waals surface area (Å²) in [6, 6.07) is 8.30. The summed E-state index contributed by atoms with van der Waals surface area (Å²) in [5.74, 6) is -5.92. The Hall–Kier alpha value is -2.55. The highest BCUT2D eigenvalue weighted by Gasteiger charge is 2.11. The van der Waals surface area contributed by atoms with Gasteiger partial charge in [-0.3, -0.25) is 9.59 Å². The second-order valence-electron chi connectivity index (χ2n) is 4.76. The lowest BCUT2D eigenvalue weighted by atomic mass is 10.2. The molecule has 0 radical (unpaired) electrons. The molecule has 0 spiro atoms. The van der Waals surface area contributed by atoms with E-state index in [1.54, 1.807) is 0 Å². The van der Waals surface area contributed by atoms with Crippen LogP contribution in [0.2, 0.25) is 0 Å². The second kappa shape index (κ2) is 8.52. The van der Waals surface area contributed by atoms with E-state index in [4.69, 9.17) is 0 Å². The van der Waals surface area contributed by atoms with Gasteiger partial charge in [-0.25, -0.2) is 8.78 Å². The number of thioether (sulfide) groups is 1. The molecule has 0 fully saturated rings. The van der Waals surface area contributed by atoms with Gasteiger partial charge in [0.15, 0.2) is 11.6 Å². The molecule has 0 saturated heterocycles. The largest absolute Gasteiger partial charge is 0.343 e. The van der Waals surface area contributed by atoms with Crippen molar-refractivity contribution < 1.29 is 27.2 Å². The predicted molar refractivity (Wildman–Crippen MR) is 85.6 cm³/mol. The molecule has 132 valence electrons. The molecule has 0 atom stereocenters. The lowest BCUT2D eigenvalue weighted by Gasteiger charge is -2.08. The maximum atomic E-state index is 13.0. The average Bonchev–Trinajstić information content (AvgIpc) is 2.56. The molecule has 2 rings (SSSR count). The second-order valence-corrected chi connectivity index (χ2v) is 5.83. The molecule has 0 aliphatic heterocycles. The number of amides is 2. The van der Waals surface area contributed by atoms with Gasteiger partial charge in [0.2, 0.25) is 5.91 Å². The van der Waals surface area contributed by atoms with Gasteiger partial charge in [0, 0.05) is 22.2 Å². The van der Waals surface area contributed by atoms with Crippen LogP contribution in [0.25, 0.3) is 0 Å². The molecule has 25 heavy (non-hydrogen) atoms. The molecule has 2 aromatic rings. The van der Waals surface area contributed by atoms with Crippen LogP contribution in [0.3, 0.4) is 0 Å². The topological polar surface area (TPSA) is 58.2 Å². The maximum Gasteiger partial charge on any atom is 0.288 e. The Kier molecular flexibility index (Phi) is 6.40. The van der Waals surface area contributed by atoms with Crippen molar-refractivity contribution in [3.63, 3.8) is 0 Å². The minimum Gasteiger partial charge on any atom is -0.343 e. The molecule has 0 aromatic heterocycles. The number of carbonyl (C=O) groups excluding carboxylic acids is 2. The van der Waals surface area contributed by atoms with Gasteiger partial charge in [-0.15, -0.1) is 0 Å². The summed E-state index contributed by atoms with van der Waals surface area (Å²) < 4.78 is 50.2. The minimum absolute atomic E-state index is 0.0477. The van der Waals surface area contributed by atoms with Gasteiger partial charge in [0.05, 0.1) is 6.54 Å². The van der Waals surface area contributed by atoms with Crippen LogP contribution in [0.4, 0.5) is 23.2 Å². The molecule has 0 saturated carbocycles. The first-order chi connectivity index (χ1) is 11.8. The van der Waals surface area contributed by atoms with E-state index >= 15 is 0 Å². The van der Waals surface area contributed by atoms with E-state index in [-0.39, 0.29) is 11.3 Å². The summed E-state index contributed by atoms with van der Waals surface area (Å²) in [6.07, 6.45) is 0. The average molecular weight is 372 g/mol. The van der Waals surface area contributed by atoms with E-state index in [0.717, 1.165) is 12.1 Å². The minimum atomic E-state index is -2.56. The Bertz CT molecular complexity index is 769. The first-order valence-corrected chi connectivity index (χ1v) is 7.81. The van der Waals surface area contributed by atoms with Crippen LogP contribution < -0.4 is 10.6 Å². The molecule has 9 heteroatoms. The molecule has 4 nitrogen and oxygen atoms in total. The van der Waals surface area contributed by atoms with E-state index in [0.29, 0.717) is 16.7 Å². The fraction of sp³-hybridized carbons (Fsp3) is 0.125. The van der Waals surface area contributed by atoms with Gasteiger partial charge >= 0.3 is 0 Å². The highest BCUT2D eigenvalue weighted by Crippen LogP contribution is 2.25. The summed E-state index contributed by atoms with van der Waals surface area (Å²) in [7, 11) is 0. The Balaban J connectivity index is 1.86. The van der Waals surface area contributed by atoms with Gasteiger partial charge in [0.25, 0.3) is 11.7 Å². The quantitative estimate of drug-likeness (QED) is 0.601. The SMILES string of the molecule is O=C(CNC(=O)c1ccc(SC(F)F)cc1)Nc1ccc(F)c(F)c1. The van der Waals surface area contributed by atoms with Crippen molar-refractivity contribution in [1.29, 1.82) is 0 Å². The van der Waals surface area contributed by atoms with E-state index in [9.17, 15) is 27.2 Å². The molecule has 0 bridgehead atoms. The lowest BCUT2D eigenvalue weighted by Crippen LogP contribution is -2.32. The van der Waals surface area contributed by atoms with Gasteiger partial charge in [-0.1, -0.05) is 11.8 Å². The Morgan fingerprint density at radius 2 is 1.68 bits per heavy atom. The van der Waals surface area contributed by atoms with Crippen molar-refractivity contribution in [3.05, 3.63) is 59.7 Å². The summed E-state index contributed by atoms with van der Waals surface area (Å²) >= 11 is 0.354. The zero-order valence-corrected chi connectivity index (χ0v) is 13.4. The van der Waals surface area contributed by atoms with E-state index in [2.05, 4.69) is 10.6 Å². The van der Waals surface area contributed by atoms with Crippen molar-refractivity contribution in [1.82, 2.24) is 5.32 Å². The van der Waals surface area contributed by atoms with Crippen molar-refractivity contribution >= 4 is 29.3 Å². The van der Waals surface area contributed by atoms with Crippen LogP contribution in [-0.2, 0) is 4.79 Å². The normalized spacial score (nSPS) is 10.6. The number of rotatable bonds is 6. The first kappa shape index (κ1) is 18.8. The van der Waals surface area contributed by atoms with Crippen LogP contribution in [0, 0.1) is 11.6 Å². The predicted octanol–water partition coefficient (Wildman–Crippen LogP) is 3.65. The fourth-order valence-corrected chi connectivity index (χ4v) is 2.33. The van der Waals surface area contributed by atoms with Gasteiger partial charge in [0.1, 0.15) is 0 Å². The van der Waals surface area contributed by atoms with Crippen molar-refractivity contribution in [3.8, 4) is 0 Å². The van der Waals surface area contributed by atoms with E-state index in [1.807, 2.05) is 0 Å². The standard InChI is InChI=1S/C16H12F4N2O2S/c17-12-6-3-10(7-13(12)18)22-14(23)8-21-15(24)9-1-4-11(5-2-9)25-16(19)20/h1-7,16H,8H2,(H,21,24)(H,22,23). The maximum absolute atomic E-state index is 13.0. The Morgan fingerprint density at radius 3 is 2.28 bits per heavy atom. The van der Waals surface area contributed by atoms with Gasteiger partial charge in [-0.05, 0) is 36.4 Å². The smallest absolute Gasteiger partial charge is 0.288 e. The lowest BCUT2D eigenvalue weighted by molar-refractivity contribution is -0.115. The third-order valence-corrected chi connectivity index (χ3v) is 3.68. The van der Waals surface area contributed by atoms with Gasteiger partial charge < -0.3 is 10.6 Å². The number of benzene rings is 2. The Labute approximate surface area is 144 Å². The number of alkyl halides is 2. The number of anilines is 1. The van der Waals surface area contributed by atoms with Crippen molar-refractivity contribution in [2.45, 2.75) is 10.7 Å². The highest BCUT2D eigenvalue weighted by molar-refractivity contribution is 7.99. The van der Waals surface area contributed by atoms with Crippen LogP contribution in [0.5, 0.6) is 0 Å². The molecule has 2 aromatic carbocycles. The number of nitrogens with one attached hydrogen (secondary N) is 2. The molecule has 0 heterocycles. The Morgan fingerprint density at radius 1 is 1.00 bits per heavy atom. The first-order valence-electron chi connectivity index (χ1n) is 6.93. The third kappa shape index (κ3) is 5.79. The molecular formula is C16H12F4N2O2S.